The number of carbonyl (C=O) groups excluding carboxylic acids is 2. The fourth-order valence-corrected chi connectivity index (χ4v) is 3.99. The van der Waals surface area contributed by atoms with Gasteiger partial charge in [0.1, 0.15) is 5.84 Å². The van der Waals surface area contributed by atoms with E-state index in [1.807, 2.05) is 6.92 Å². The van der Waals surface area contributed by atoms with Crippen LogP contribution >= 0.6 is 0 Å². The monoisotopic (exact) mass is 379 g/mol. The normalized spacial score (nSPS) is 20.1. The van der Waals surface area contributed by atoms with Crippen LogP contribution in [0.5, 0.6) is 0 Å². The van der Waals surface area contributed by atoms with Crippen LogP contribution in [0, 0.1) is 5.92 Å². The molecule has 26 heavy (non-hydrogen) atoms. The Kier molecular flexibility index (Phi) is 5.26. The lowest BCUT2D eigenvalue weighted by Crippen LogP contribution is -2.37. The van der Waals surface area contributed by atoms with Crippen LogP contribution in [0.25, 0.3) is 0 Å². The number of hydrogen-bond acceptors (Lipinski definition) is 6. The molecule has 0 bridgehead atoms. The van der Waals surface area contributed by atoms with Crippen molar-refractivity contribution in [3.05, 3.63) is 29.8 Å². The second-order valence-electron chi connectivity index (χ2n) is 6.44. The zero-order valence-corrected chi connectivity index (χ0v) is 15.2. The van der Waals surface area contributed by atoms with Gasteiger partial charge in [0.2, 0.25) is 0 Å². The molecule has 2 N–H and O–H groups in total. The van der Waals surface area contributed by atoms with Crippen LogP contribution in [0.3, 0.4) is 0 Å². The van der Waals surface area contributed by atoms with Crippen molar-refractivity contribution in [2.75, 3.05) is 13.2 Å². The molecule has 1 aliphatic heterocycles. The van der Waals surface area contributed by atoms with Crippen molar-refractivity contribution in [2.24, 2.45) is 10.9 Å². The lowest BCUT2D eigenvalue weighted by Gasteiger charge is -2.12. The second-order valence-corrected chi connectivity index (χ2v) is 8.09. The summed E-state index contributed by atoms with van der Waals surface area (Å²) in [6.45, 7) is 1.68. The summed E-state index contributed by atoms with van der Waals surface area (Å²) in [4.78, 5) is 27.7. The molecule has 9 heteroatoms. The molecule has 1 fully saturated rings. The number of benzene rings is 1. The zero-order chi connectivity index (χ0) is 18.7. The molecule has 0 spiro atoms. The van der Waals surface area contributed by atoms with E-state index in [4.69, 9.17) is 4.74 Å². The Hall–Kier alpha value is -2.42. The Morgan fingerprint density at radius 2 is 2.08 bits per heavy atom. The molecule has 140 valence electrons. The lowest BCUT2D eigenvalue weighted by molar-refractivity contribution is -0.148. The first-order valence-electron chi connectivity index (χ1n) is 8.48. The number of carbonyl (C=O) groups is 2. The van der Waals surface area contributed by atoms with Gasteiger partial charge in [-0.05, 0) is 37.8 Å². The van der Waals surface area contributed by atoms with E-state index in [-0.39, 0.29) is 42.3 Å². The number of amidine groups is 1. The molecule has 0 aromatic heterocycles. The van der Waals surface area contributed by atoms with Gasteiger partial charge in [0.05, 0.1) is 17.9 Å². The van der Waals surface area contributed by atoms with Crippen LogP contribution in [0.15, 0.2) is 34.2 Å². The third-order valence-corrected chi connectivity index (χ3v) is 5.73. The van der Waals surface area contributed by atoms with Gasteiger partial charge in [-0.3, -0.25) is 19.3 Å². The molecule has 0 unspecified atom stereocenters. The summed E-state index contributed by atoms with van der Waals surface area (Å²) in [5.41, 5.74) is 0.481. The minimum Gasteiger partial charge on any atom is -0.456 e. The first-order valence-corrected chi connectivity index (χ1v) is 9.97. The molecule has 0 saturated heterocycles. The van der Waals surface area contributed by atoms with Crippen LogP contribution in [0.1, 0.15) is 31.7 Å². The molecule has 1 aliphatic carbocycles. The predicted molar refractivity (Wildman–Crippen MR) is 94.1 cm³/mol. The van der Waals surface area contributed by atoms with Crippen molar-refractivity contribution in [3.8, 4) is 0 Å². The molecule has 3 rings (SSSR count). The number of hydrogen-bond donors (Lipinski definition) is 2. The summed E-state index contributed by atoms with van der Waals surface area (Å²) >= 11 is 0. The number of amides is 1. The van der Waals surface area contributed by atoms with Gasteiger partial charge in [-0.1, -0.05) is 12.1 Å². The maximum Gasteiger partial charge on any atom is 0.308 e. The average molecular weight is 379 g/mol. The standard InChI is InChI=1S/C17H21N3O5S/c1-11(12-6-7-12)19-15(21)10-25-16(22)8-9-18-17-13-4-2-3-5-14(13)26(23,24)20-17/h2-5,11-12H,6-10H2,1H3,(H,18,20)(H,19,21)/t11-/m0/s1. The fourth-order valence-electron chi connectivity index (χ4n) is 2.74. The van der Waals surface area contributed by atoms with E-state index < -0.39 is 16.0 Å². The Balaban J connectivity index is 1.45. The average Bonchev–Trinajstić information content (AvgIpc) is 3.41. The maximum atomic E-state index is 12.0. The summed E-state index contributed by atoms with van der Waals surface area (Å²) in [6.07, 6.45) is 2.20. The second kappa shape index (κ2) is 7.45. The number of fused-ring (bicyclic) bond motifs is 1. The van der Waals surface area contributed by atoms with Gasteiger partial charge in [-0.15, -0.1) is 0 Å². The first-order chi connectivity index (χ1) is 12.4. The van der Waals surface area contributed by atoms with Gasteiger partial charge >= 0.3 is 5.97 Å². The summed E-state index contributed by atoms with van der Waals surface area (Å²) in [6, 6.07) is 6.59. The number of rotatable bonds is 7. The Morgan fingerprint density at radius 1 is 1.35 bits per heavy atom. The Labute approximate surface area is 152 Å². The van der Waals surface area contributed by atoms with Crippen LogP contribution in [-0.2, 0) is 24.3 Å². The van der Waals surface area contributed by atoms with Crippen LogP contribution < -0.4 is 10.0 Å². The van der Waals surface area contributed by atoms with E-state index in [0.717, 1.165) is 12.8 Å². The topological polar surface area (TPSA) is 114 Å². The highest BCUT2D eigenvalue weighted by Crippen LogP contribution is 2.32. The highest BCUT2D eigenvalue weighted by molar-refractivity contribution is 7.90. The smallest absolute Gasteiger partial charge is 0.308 e. The fraction of sp³-hybridized carbons (Fsp3) is 0.471. The van der Waals surface area contributed by atoms with E-state index in [1.165, 1.54) is 6.07 Å². The van der Waals surface area contributed by atoms with E-state index in [9.17, 15) is 18.0 Å². The SMILES string of the molecule is C[C@H](NC(=O)COC(=O)CCN=C1NS(=O)(=O)c2ccccc21)C1CC1. The highest BCUT2D eigenvalue weighted by atomic mass is 32.2. The predicted octanol–water partition coefficient (Wildman–Crippen LogP) is 0.573. The van der Waals surface area contributed by atoms with Crippen molar-refractivity contribution in [2.45, 2.75) is 37.1 Å². The van der Waals surface area contributed by atoms with Gasteiger partial charge < -0.3 is 10.1 Å². The van der Waals surface area contributed by atoms with Crippen molar-refractivity contribution in [3.63, 3.8) is 0 Å². The molecule has 1 heterocycles. The third kappa shape index (κ3) is 4.40. The van der Waals surface area contributed by atoms with Gasteiger partial charge in [0, 0.05) is 11.6 Å². The summed E-state index contributed by atoms with van der Waals surface area (Å²) in [5.74, 6) is -0.132. The minimum absolute atomic E-state index is 0.0428. The number of aliphatic imine (C=N–C) groups is 1. The number of sulfonamides is 1. The summed E-state index contributed by atoms with van der Waals surface area (Å²) in [5, 5.41) is 2.80. The van der Waals surface area contributed by atoms with Gasteiger partial charge in [-0.25, -0.2) is 8.42 Å². The lowest BCUT2D eigenvalue weighted by atomic mass is 10.2. The van der Waals surface area contributed by atoms with Crippen molar-refractivity contribution < 1.29 is 22.7 Å². The molecule has 1 aromatic carbocycles. The minimum atomic E-state index is -3.59. The zero-order valence-electron chi connectivity index (χ0n) is 14.4. The first kappa shape index (κ1) is 18.4. The highest BCUT2D eigenvalue weighted by Gasteiger charge is 2.30. The molecule has 1 aromatic rings. The quantitative estimate of drug-likeness (QED) is 0.673. The van der Waals surface area contributed by atoms with E-state index in [1.54, 1.807) is 18.2 Å². The summed E-state index contributed by atoms with van der Waals surface area (Å²) in [7, 11) is -3.59. The molecule has 1 saturated carbocycles. The molecular weight excluding hydrogens is 358 g/mol. The van der Waals surface area contributed by atoms with E-state index in [2.05, 4.69) is 15.0 Å². The Morgan fingerprint density at radius 3 is 2.81 bits per heavy atom. The number of nitrogens with one attached hydrogen (secondary N) is 2. The molecule has 0 radical (unpaired) electrons. The largest absolute Gasteiger partial charge is 0.456 e. The van der Waals surface area contributed by atoms with E-state index >= 15 is 0 Å². The molecule has 2 aliphatic rings. The maximum absolute atomic E-state index is 12.0. The molecule has 1 amide bonds. The van der Waals surface area contributed by atoms with Crippen LogP contribution in [0.2, 0.25) is 0 Å². The van der Waals surface area contributed by atoms with Crippen LogP contribution in [-0.4, -0.2) is 45.3 Å². The van der Waals surface area contributed by atoms with Gasteiger partial charge in [0.15, 0.2) is 6.61 Å². The summed E-state index contributed by atoms with van der Waals surface area (Å²) < 4.78 is 31.2. The van der Waals surface area contributed by atoms with Crippen LogP contribution in [0.4, 0.5) is 0 Å². The molecule has 8 nitrogen and oxygen atoms in total. The Bertz CT molecular complexity index is 846. The number of nitrogens with zero attached hydrogens (tertiary/aromatic N) is 1. The van der Waals surface area contributed by atoms with Crippen molar-refractivity contribution >= 4 is 27.7 Å². The van der Waals surface area contributed by atoms with Gasteiger partial charge in [0.25, 0.3) is 15.9 Å². The van der Waals surface area contributed by atoms with Gasteiger partial charge in [-0.2, -0.15) is 0 Å². The third-order valence-electron chi connectivity index (χ3n) is 4.33. The molecular formula is C17H21N3O5S. The van der Waals surface area contributed by atoms with E-state index in [0.29, 0.717) is 11.5 Å². The molecule has 1 atom stereocenters. The number of ether oxygens (including phenoxy) is 1. The van der Waals surface area contributed by atoms with Crippen molar-refractivity contribution in [1.29, 1.82) is 0 Å². The van der Waals surface area contributed by atoms with Crippen molar-refractivity contribution in [1.82, 2.24) is 10.0 Å². The number of esters is 1.